The molecule has 0 unspecified atom stereocenters. The molecule has 3 rings (SSSR count). The minimum Gasteiger partial charge on any atom is -0.434 e. The number of primary amides is 1. The average Bonchev–Trinajstić information content (AvgIpc) is 3.08. The number of hydrogen-bond donors (Lipinski definition) is 1. The molecule has 0 fully saturated rings. The molecule has 5 nitrogen and oxygen atoms in total. The molecule has 3 aromatic rings. The number of aromatic nitrogens is 2. The van der Waals surface area contributed by atoms with Gasteiger partial charge >= 0.3 is 0 Å². The minimum absolute atomic E-state index is 0.128. The van der Waals surface area contributed by atoms with Gasteiger partial charge in [0.2, 0.25) is 5.89 Å². The molecule has 2 heterocycles. The van der Waals surface area contributed by atoms with E-state index in [1.807, 2.05) is 30.3 Å². The predicted molar refractivity (Wildman–Crippen MR) is 71.6 cm³/mol. The smallest absolute Gasteiger partial charge is 0.271 e. The molecular weight excluding hydrogens is 262 g/mol. The lowest BCUT2D eigenvalue weighted by Crippen LogP contribution is -2.12. The Morgan fingerprint density at radius 1 is 1.26 bits per heavy atom. The fourth-order valence-electron chi connectivity index (χ4n) is 1.69. The molecule has 0 saturated heterocycles. The first kappa shape index (κ1) is 11.6. The van der Waals surface area contributed by atoms with Crippen molar-refractivity contribution in [3.63, 3.8) is 0 Å². The van der Waals surface area contributed by atoms with E-state index in [-0.39, 0.29) is 5.69 Å². The second-order valence-electron chi connectivity index (χ2n) is 3.79. The lowest BCUT2D eigenvalue weighted by atomic mass is 10.2. The van der Waals surface area contributed by atoms with Crippen molar-refractivity contribution in [1.82, 2.24) is 9.97 Å². The van der Waals surface area contributed by atoms with E-state index in [1.165, 1.54) is 11.3 Å². The summed E-state index contributed by atoms with van der Waals surface area (Å²) in [7, 11) is 0. The molecule has 0 bridgehead atoms. The normalized spacial score (nSPS) is 10.5. The molecule has 0 saturated carbocycles. The van der Waals surface area contributed by atoms with E-state index in [0.717, 1.165) is 10.4 Å². The zero-order valence-electron chi connectivity index (χ0n) is 9.74. The van der Waals surface area contributed by atoms with Crippen LogP contribution in [0.3, 0.4) is 0 Å². The highest BCUT2D eigenvalue weighted by Crippen LogP contribution is 2.31. The van der Waals surface area contributed by atoms with E-state index < -0.39 is 5.91 Å². The highest BCUT2D eigenvalue weighted by Gasteiger charge is 2.21. The second kappa shape index (κ2) is 4.66. The van der Waals surface area contributed by atoms with Crippen LogP contribution in [0.15, 0.2) is 46.5 Å². The van der Waals surface area contributed by atoms with Crippen LogP contribution in [-0.4, -0.2) is 15.9 Å². The molecular formula is C13H9N3O2S. The first-order chi connectivity index (χ1) is 9.25. The summed E-state index contributed by atoms with van der Waals surface area (Å²) in [6.45, 7) is 0. The standard InChI is InChI=1S/C13H9N3O2S/c14-12(17)10-11(9-6-15-7-19-9)18-13(16-10)8-4-2-1-3-5-8/h1-7H,(H2,14,17). The highest BCUT2D eigenvalue weighted by molar-refractivity contribution is 7.13. The van der Waals surface area contributed by atoms with Crippen molar-refractivity contribution in [3.8, 4) is 22.1 Å². The van der Waals surface area contributed by atoms with Crippen LogP contribution in [0, 0.1) is 0 Å². The van der Waals surface area contributed by atoms with Crippen molar-refractivity contribution >= 4 is 17.2 Å². The van der Waals surface area contributed by atoms with Crippen molar-refractivity contribution in [2.45, 2.75) is 0 Å². The molecule has 1 aromatic carbocycles. The first-order valence-corrected chi connectivity index (χ1v) is 6.38. The Hall–Kier alpha value is -2.47. The summed E-state index contributed by atoms with van der Waals surface area (Å²) in [5.74, 6) is 0.126. The first-order valence-electron chi connectivity index (χ1n) is 5.50. The van der Waals surface area contributed by atoms with Gasteiger partial charge in [-0.15, -0.1) is 11.3 Å². The van der Waals surface area contributed by atoms with E-state index in [0.29, 0.717) is 11.7 Å². The van der Waals surface area contributed by atoms with Crippen LogP contribution >= 0.6 is 11.3 Å². The minimum atomic E-state index is -0.616. The Morgan fingerprint density at radius 3 is 2.68 bits per heavy atom. The Kier molecular flexibility index (Phi) is 2.85. The Labute approximate surface area is 112 Å². The number of nitrogens with zero attached hydrogens (tertiary/aromatic N) is 2. The van der Waals surface area contributed by atoms with Crippen molar-refractivity contribution < 1.29 is 9.21 Å². The molecule has 94 valence electrons. The lowest BCUT2D eigenvalue weighted by molar-refractivity contribution is 0.0996. The fourth-order valence-corrected chi connectivity index (χ4v) is 2.29. The van der Waals surface area contributed by atoms with Gasteiger partial charge in [0.15, 0.2) is 11.5 Å². The maximum Gasteiger partial charge on any atom is 0.271 e. The van der Waals surface area contributed by atoms with Crippen LogP contribution in [0.2, 0.25) is 0 Å². The SMILES string of the molecule is NC(=O)c1nc(-c2ccccc2)oc1-c1cncs1. The van der Waals surface area contributed by atoms with E-state index >= 15 is 0 Å². The molecule has 0 radical (unpaired) electrons. The van der Waals surface area contributed by atoms with Crippen LogP contribution < -0.4 is 5.73 Å². The van der Waals surface area contributed by atoms with Gasteiger partial charge in [-0.25, -0.2) is 4.98 Å². The Balaban J connectivity index is 2.15. The van der Waals surface area contributed by atoms with E-state index in [4.69, 9.17) is 10.2 Å². The van der Waals surface area contributed by atoms with Gasteiger partial charge in [0.1, 0.15) is 0 Å². The third-order valence-corrected chi connectivity index (χ3v) is 3.31. The molecule has 1 amide bonds. The molecule has 0 aliphatic rings. The third-order valence-electron chi connectivity index (χ3n) is 2.54. The summed E-state index contributed by atoms with van der Waals surface area (Å²) in [6.07, 6.45) is 1.62. The number of rotatable bonds is 3. The van der Waals surface area contributed by atoms with Crippen LogP contribution in [0.1, 0.15) is 10.5 Å². The Morgan fingerprint density at radius 2 is 2.05 bits per heavy atom. The Bertz CT molecular complexity index is 705. The third kappa shape index (κ3) is 2.13. The maximum absolute atomic E-state index is 11.4. The largest absolute Gasteiger partial charge is 0.434 e. The number of hydrogen-bond acceptors (Lipinski definition) is 5. The summed E-state index contributed by atoms with van der Waals surface area (Å²) in [5, 5.41) is 0. The van der Waals surface area contributed by atoms with Gasteiger partial charge in [-0.1, -0.05) is 18.2 Å². The zero-order chi connectivity index (χ0) is 13.2. The van der Waals surface area contributed by atoms with Crippen LogP contribution in [-0.2, 0) is 0 Å². The molecule has 0 spiro atoms. The zero-order valence-corrected chi connectivity index (χ0v) is 10.6. The number of oxazole rings is 1. The molecule has 0 aliphatic carbocycles. The molecule has 6 heteroatoms. The van der Waals surface area contributed by atoms with Crippen LogP contribution in [0.5, 0.6) is 0 Å². The van der Waals surface area contributed by atoms with Crippen molar-refractivity contribution in [2.75, 3.05) is 0 Å². The molecule has 0 atom stereocenters. The van der Waals surface area contributed by atoms with Gasteiger partial charge in [-0.2, -0.15) is 0 Å². The summed E-state index contributed by atoms with van der Waals surface area (Å²) >= 11 is 1.36. The number of amides is 1. The highest BCUT2D eigenvalue weighted by atomic mass is 32.1. The molecule has 2 aromatic heterocycles. The number of nitrogens with two attached hydrogens (primary N) is 1. The van der Waals surface area contributed by atoms with Gasteiger partial charge < -0.3 is 10.2 Å². The van der Waals surface area contributed by atoms with E-state index in [1.54, 1.807) is 11.7 Å². The number of carbonyl (C=O) groups excluding carboxylic acids is 1. The van der Waals surface area contributed by atoms with Crippen molar-refractivity contribution in [3.05, 3.63) is 47.7 Å². The topological polar surface area (TPSA) is 82.0 Å². The van der Waals surface area contributed by atoms with E-state index in [9.17, 15) is 4.79 Å². The maximum atomic E-state index is 11.4. The number of carbonyl (C=O) groups is 1. The summed E-state index contributed by atoms with van der Waals surface area (Å²) in [6, 6.07) is 9.34. The monoisotopic (exact) mass is 271 g/mol. The van der Waals surface area contributed by atoms with Crippen molar-refractivity contribution in [1.29, 1.82) is 0 Å². The fraction of sp³-hybridized carbons (Fsp3) is 0. The van der Waals surface area contributed by atoms with Gasteiger partial charge in [-0.05, 0) is 12.1 Å². The predicted octanol–water partition coefficient (Wildman–Crippen LogP) is 2.56. The van der Waals surface area contributed by atoms with E-state index in [2.05, 4.69) is 9.97 Å². The van der Waals surface area contributed by atoms with Crippen molar-refractivity contribution in [2.24, 2.45) is 5.73 Å². The average molecular weight is 271 g/mol. The molecule has 2 N–H and O–H groups in total. The van der Waals surface area contributed by atoms with Gasteiger partial charge in [0, 0.05) is 11.8 Å². The summed E-state index contributed by atoms with van der Waals surface area (Å²) < 4.78 is 5.66. The molecule has 19 heavy (non-hydrogen) atoms. The van der Waals surface area contributed by atoms with Gasteiger partial charge in [0.05, 0.1) is 10.4 Å². The summed E-state index contributed by atoms with van der Waals surface area (Å²) in [5.41, 5.74) is 7.91. The number of thiazole rings is 1. The summed E-state index contributed by atoms with van der Waals surface area (Å²) in [4.78, 5) is 20.3. The van der Waals surface area contributed by atoms with Crippen LogP contribution in [0.4, 0.5) is 0 Å². The molecule has 0 aliphatic heterocycles. The van der Waals surface area contributed by atoms with Gasteiger partial charge in [-0.3, -0.25) is 9.78 Å². The van der Waals surface area contributed by atoms with Crippen LogP contribution in [0.25, 0.3) is 22.1 Å². The van der Waals surface area contributed by atoms with Gasteiger partial charge in [0.25, 0.3) is 5.91 Å². The number of benzene rings is 1. The quantitative estimate of drug-likeness (QED) is 0.793. The second-order valence-corrected chi connectivity index (χ2v) is 4.68. The lowest BCUT2D eigenvalue weighted by Gasteiger charge is -1.93.